The molecular formula is C17H18FN3O2S. The zero-order chi connectivity index (χ0) is 17.7. The first-order chi connectivity index (χ1) is 11.4. The average molecular weight is 347 g/mol. The van der Waals surface area contributed by atoms with E-state index in [9.17, 15) is 14.5 Å². The fraction of sp³-hybridized carbons (Fsp3) is 0.235. The molecule has 0 aromatic heterocycles. The normalized spacial score (nSPS) is 11.6. The van der Waals surface area contributed by atoms with E-state index >= 15 is 0 Å². The van der Waals surface area contributed by atoms with Crippen LogP contribution in [0.1, 0.15) is 24.1 Å². The lowest BCUT2D eigenvalue weighted by Crippen LogP contribution is -2.38. The number of rotatable bonds is 5. The van der Waals surface area contributed by atoms with Gasteiger partial charge in [0.15, 0.2) is 5.11 Å². The lowest BCUT2D eigenvalue weighted by atomic mass is 10.1. The van der Waals surface area contributed by atoms with Crippen molar-refractivity contribution in [2.24, 2.45) is 0 Å². The molecule has 126 valence electrons. The second kappa shape index (κ2) is 7.83. The SMILES string of the molecule is C[C@H](c1cccc([N+](=O)[O-])c1)N(C)C(=S)NCc1ccc(F)cc1. The standard InChI is InChI=1S/C17H18FN3O2S/c1-12(14-4-3-5-16(10-14)21(22)23)20(2)17(24)19-11-13-6-8-15(18)9-7-13/h3-10,12H,11H2,1-2H3,(H,19,24)/t12-/m1/s1. The zero-order valence-electron chi connectivity index (χ0n) is 13.4. The van der Waals surface area contributed by atoms with Crippen molar-refractivity contribution in [3.63, 3.8) is 0 Å². The van der Waals surface area contributed by atoms with E-state index < -0.39 is 4.92 Å². The molecule has 2 rings (SSSR count). The Kier molecular flexibility index (Phi) is 5.81. The predicted molar refractivity (Wildman–Crippen MR) is 95.1 cm³/mol. The van der Waals surface area contributed by atoms with Gasteiger partial charge in [-0.3, -0.25) is 10.1 Å². The number of nitrogens with zero attached hydrogens (tertiary/aromatic N) is 2. The Morgan fingerprint density at radius 3 is 2.62 bits per heavy atom. The lowest BCUT2D eigenvalue weighted by molar-refractivity contribution is -0.384. The maximum atomic E-state index is 12.9. The summed E-state index contributed by atoms with van der Waals surface area (Å²) in [5.74, 6) is -0.280. The fourth-order valence-electron chi connectivity index (χ4n) is 2.20. The van der Waals surface area contributed by atoms with Gasteiger partial charge in [0.25, 0.3) is 5.69 Å². The minimum Gasteiger partial charge on any atom is -0.358 e. The molecule has 0 radical (unpaired) electrons. The first-order valence-corrected chi connectivity index (χ1v) is 7.78. The number of thiocarbonyl (C=S) groups is 1. The van der Waals surface area contributed by atoms with Crippen LogP contribution in [0.3, 0.4) is 0 Å². The monoisotopic (exact) mass is 347 g/mol. The van der Waals surface area contributed by atoms with Crippen molar-refractivity contribution < 1.29 is 9.31 Å². The van der Waals surface area contributed by atoms with Gasteiger partial charge in [0, 0.05) is 25.7 Å². The third-order valence-corrected chi connectivity index (χ3v) is 4.25. The van der Waals surface area contributed by atoms with Crippen molar-refractivity contribution >= 4 is 23.0 Å². The van der Waals surface area contributed by atoms with Crippen LogP contribution in [0.15, 0.2) is 48.5 Å². The summed E-state index contributed by atoms with van der Waals surface area (Å²) in [5, 5.41) is 14.5. The van der Waals surface area contributed by atoms with E-state index in [1.165, 1.54) is 18.2 Å². The first-order valence-electron chi connectivity index (χ1n) is 7.38. The third kappa shape index (κ3) is 4.48. The van der Waals surface area contributed by atoms with Crippen LogP contribution < -0.4 is 5.32 Å². The predicted octanol–water partition coefficient (Wildman–Crippen LogP) is 3.80. The molecular weight excluding hydrogens is 329 g/mol. The summed E-state index contributed by atoms with van der Waals surface area (Å²) in [7, 11) is 1.82. The summed E-state index contributed by atoms with van der Waals surface area (Å²) >= 11 is 5.37. The topological polar surface area (TPSA) is 58.4 Å². The van der Waals surface area contributed by atoms with Gasteiger partial charge < -0.3 is 10.2 Å². The number of nitro benzene ring substituents is 1. The van der Waals surface area contributed by atoms with Gasteiger partial charge in [-0.1, -0.05) is 24.3 Å². The number of halogens is 1. The van der Waals surface area contributed by atoms with Crippen LogP contribution in [-0.4, -0.2) is 22.0 Å². The quantitative estimate of drug-likeness (QED) is 0.506. The van der Waals surface area contributed by atoms with E-state index in [0.717, 1.165) is 11.1 Å². The maximum Gasteiger partial charge on any atom is 0.269 e. The van der Waals surface area contributed by atoms with E-state index in [1.54, 1.807) is 24.3 Å². The van der Waals surface area contributed by atoms with Crippen LogP contribution in [0.5, 0.6) is 0 Å². The van der Waals surface area contributed by atoms with Gasteiger partial charge in [-0.15, -0.1) is 0 Å². The number of non-ortho nitro benzene ring substituents is 1. The molecule has 5 nitrogen and oxygen atoms in total. The van der Waals surface area contributed by atoms with Gasteiger partial charge in [-0.2, -0.15) is 0 Å². The van der Waals surface area contributed by atoms with E-state index in [-0.39, 0.29) is 17.5 Å². The second-order valence-electron chi connectivity index (χ2n) is 5.42. The highest BCUT2D eigenvalue weighted by molar-refractivity contribution is 7.80. The van der Waals surface area contributed by atoms with Crippen molar-refractivity contribution in [1.29, 1.82) is 0 Å². The molecule has 1 N–H and O–H groups in total. The Balaban J connectivity index is 2.00. The van der Waals surface area contributed by atoms with Gasteiger partial charge in [-0.05, 0) is 42.4 Å². The van der Waals surface area contributed by atoms with Crippen molar-refractivity contribution in [3.05, 3.63) is 75.6 Å². The molecule has 0 amide bonds. The molecule has 0 fully saturated rings. The Hall–Kier alpha value is -2.54. The summed E-state index contributed by atoms with van der Waals surface area (Å²) in [4.78, 5) is 12.3. The van der Waals surface area contributed by atoms with Crippen LogP contribution >= 0.6 is 12.2 Å². The lowest BCUT2D eigenvalue weighted by Gasteiger charge is -2.28. The van der Waals surface area contributed by atoms with Crippen molar-refractivity contribution in [2.75, 3.05) is 7.05 Å². The Labute approximate surface area is 145 Å². The zero-order valence-corrected chi connectivity index (χ0v) is 14.2. The number of hydrogen-bond donors (Lipinski definition) is 1. The summed E-state index contributed by atoms with van der Waals surface area (Å²) in [6.07, 6.45) is 0. The number of hydrogen-bond acceptors (Lipinski definition) is 3. The van der Waals surface area contributed by atoms with Gasteiger partial charge in [0.2, 0.25) is 0 Å². The molecule has 0 bridgehead atoms. The smallest absolute Gasteiger partial charge is 0.269 e. The first kappa shape index (κ1) is 17.8. The largest absolute Gasteiger partial charge is 0.358 e. The Morgan fingerprint density at radius 2 is 2.00 bits per heavy atom. The van der Waals surface area contributed by atoms with E-state index in [0.29, 0.717) is 11.7 Å². The number of benzene rings is 2. The molecule has 0 unspecified atom stereocenters. The Morgan fingerprint density at radius 1 is 1.33 bits per heavy atom. The molecule has 2 aromatic carbocycles. The third-order valence-electron chi connectivity index (χ3n) is 3.82. The van der Waals surface area contributed by atoms with E-state index in [4.69, 9.17) is 12.2 Å². The van der Waals surface area contributed by atoms with Crippen LogP contribution in [0.4, 0.5) is 10.1 Å². The highest BCUT2D eigenvalue weighted by Crippen LogP contribution is 2.23. The molecule has 1 atom stereocenters. The average Bonchev–Trinajstić information content (AvgIpc) is 2.59. The van der Waals surface area contributed by atoms with E-state index in [2.05, 4.69) is 5.32 Å². The van der Waals surface area contributed by atoms with Gasteiger partial charge in [0.1, 0.15) is 5.82 Å². The Bertz CT molecular complexity index is 737. The minimum absolute atomic E-state index is 0.0536. The summed E-state index contributed by atoms with van der Waals surface area (Å²) in [6.45, 7) is 2.40. The fourth-order valence-corrected chi connectivity index (χ4v) is 2.43. The maximum absolute atomic E-state index is 12.9. The van der Waals surface area contributed by atoms with Gasteiger partial charge >= 0.3 is 0 Å². The molecule has 0 aliphatic rings. The number of nitrogens with one attached hydrogen (secondary N) is 1. The summed E-state index contributed by atoms with van der Waals surface area (Å²) in [6, 6.07) is 12.5. The highest BCUT2D eigenvalue weighted by Gasteiger charge is 2.17. The van der Waals surface area contributed by atoms with Gasteiger partial charge in [0.05, 0.1) is 11.0 Å². The van der Waals surface area contributed by atoms with Crippen molar-refractivity contribution in [2.45, 2.75) is 19.5 Å². The summed E-state index contributed by atoms with van der Waals surface area (Å²) < 4.78 is 12.9. The van der Waals surface area contributed by atoms with Gasteiger partial charge in [-0.25, -0.2) is 4.39 Å². The molecule has 24 heavy (non-hydrogen) atoms. The number of nitro groups is 1. The highest BCUT2D eigenvalue weighted by atomic mass is 32.1. The molecule has 0 saturated heterocycles. The molecule has 7 heteroatoms. The molecule has 0 spiro atoms. The van der Waals surface area contributed by atoms with Crippen LogP contribution in [0.2, 0.25) is 0 Å². The van der Waals surface area contributed by atoms with Crippen molar-refractivity contribution in [3.8, 4) is 0 Å². The molecule has 0 saturated carbocycles. The second-order valence-corrected chi connectivity index (χ2v) is 5.81. The van der Waals surface area contributed by atoms with Crippen molar-refractivity contribution in [1.82, 2.24) is 10.2 Å². The molecule has 0 aliphatic carbocycles. The van der Waals surface area contributed by atoms with Crippen LogP contribution in [0, 0.1) is 15.9 Å². The molecule has 2 aromatic rings. The van der Waals surface area contributed by atoms with E-state index in [1.807, 2.05) is 24.9 Å². The summed E-state index contributed by atoms with van der Waals surface area (Å²) in [5.41, 5.74) is 1.77. The van der Waals surface area contributed by atoms with Crippen LogP contribution in [0.25, 0.3) is 0 Å². The molecule has 0 aliphatic heterocycles. The minimum atomic E-state index is -0.415. The molecule has 0 heterocycles. The van der Waals surface area contributed by atoms with Crippen LogP contribution in [-0.2, 0) is 6.54 Å².